The number of aromatic nitrogens is 1. The van der Waals surface area contributed by atoms with E-state index < -0.39 is 11.8 Å². The largest absolute Gasteiger partial charge is 0.478 e. The average Bonchev–Trinajstić information content (AvgIpc) is 2.26. The van der Waals surface area contributed by atoms with Crippen LogP contribution in [0.1, 0.15) is 30.6 Å². The maximum absolute atomic E-state index is 12.9. The summed E-state index contributed by atoms with van der Waals surface area (Å²) in [5.74, 6) is -1.46. The van der Waals surface area contributed by atoms with Gasteiger partial charge < -0.3 is 10.0 Å². The first kappa shape index (κ1) is 12.4. The van der Waals surface area contributed by atoms with Crippen molar-refractivity contribution in [2.24, 2.45) is 0 Å². The molecule has 0 atom stereocenters. The Morgan fingerprint density at radius 1 is 1.56 bits per heavy atom. The Hall–Kier alpha value is -1.65. The standard InChI is InChI=1S/C11H15FN2O2/c1-3-5-14(4-2)10-9(11(15)16)6-8(12)7-13-10/h6-7H,3-5H2,1-2H3,(H,15,16). The van der Waals surface area contributed by atoms with E-state index in [2.05, 4.69) is 4.98 Å². The highest BCUT2D eigenvalue weighted by Crippen LogP contribution is 2.18. The normalized spacial score (nSPS) is 10.2. The molecule has 0 unspecified atom stereocenters. The molecule has 0 aromatic carbocycles. The van der Waals surface area contributed by atoms with Gasteiger partial charge in [-0.3, -0.25) is 0 Å². The van der Waals surface area contributed by atoms with Crippen LogP contribution in [-0.2, 0) is 0 Å². The van der Waals surface area contributed by atoms with E-state index in [-0.39, 0.29) is 5.56 Å². The number of carboxylic acids is 1. The molecule has 0 fully saturated rings. The van der Waals surface area contributed by atoms with Crippen molar-refractivity contribution >= 4 is 11.8 Å². The van der Waals surface area contributed by atoms with Crippen LogP contribution in [0.2, 0.25) is 0 Å². The summed E-state index contributed by atoms with van der Waals surface area (Å²) in [6.07, 6.45) is 1.92. The predicted molar refractivity (Wildman–Crippen MR) is 59.3 cm³/mol. The van der Waals surface area contributed by atoms with Crippen LogP contribution in [0, 0.1) is 5.82 Å². The minimum atomic E-state index is -1.16. The summed E-state index contributed by atoms with van der Waals surface area (Å²) >= 11 is 0. The monoisotopic (exact) mass is 226 g/mol. The molecule has 16 heavy (non-hydrogen) atoms. The summed E-state index contributed by atoms with van der Waals surface area (Å²) < 4.78 is 12.9. The van der Waals surface area contributed by atoms with Gasteiger partial charge in [-0.2, -0.15) is 0 Å². The van der Waals surface area contributed by atoms with Gasteiger partial charge >= 0.3 is 5.97 Å². The van der Waals surface area contributed by atoms with Crippen molar-refractivity contribution in [2.45, 2.75) is 20.3 Å². The van der Waals surface area contributed by atoms with Crippen molar-refractivity contribution in [3.63, 3.8) is 0 Å². The van der Waals surface area contributed by atoms with E-state index in [1.54, 1.807) is 0 Å². The Morgan fingerprint density at radius 3 is 2.75 bits per heavy atom. The number of hydrogen-bond acceptors (Lipinski definition) is 3. The SMILES string of the molecule is CCCN(CC)c1ncc(F)cc1C(=O)O. The fraction of sp³-hybridized carbons (Fsp3) is 0.455. The van der Waals surface area contributed by atoms with E-state index in [0.29, 0.717) is 18.9 Å². The van der Waals surface area contributed by atoms with Gasteiger partial charge in [0.1, 0.15) is 17.2 Å². The number of rotatable bonds is 5. The fourth-order valence-corrected chi connectivity index (χ4v) is 1.53. The van der Waals surface area contributed by atoms with Gasteiger partial charge in [-0.1, -0.05) is 6.92 Å². The number of nitrogens with zero attached hydrogens (tertiary/aromatic N) is 2. The molecule has 0 amide bonds. The van der Waals surface area contributed by atoms with Gasteiger partial charge in [-0.15, -0.1) is 0 Å². The highest BCUT2D eigenvalue weighted by atomic mass is 19.1. The first-order valence-electron chi connectivity index (χ1n) is 5.23. The molecular formula is C11H15FN2O2. The number of carboxylic acid groups (broad SMARTS) is 1. The van der Waals surface area contributed by atoms with Gasteiger partial charge in [0.05, 0.1) is 6.20 Å². The molecule has 1 aromatic heterocycles. The van der Waals surface area contributed by atoms with Crippen LogP contribution >= 0.6 is 0 Å². The molecular weight excluding hydrogens is 211 g/mol. The number of halogens is 1. The van der Waals surface area contributed by atoms with Crippen molar-refractivity contribution in [3.8, 4) is 0 Å². The summed E-state index contributed by atoms with van der Waals surface area (Å²) in [5.41, 5.74) is -0.0877. The zero-order valence-electron chi connectivity index (χ0n) is 9.40. The molecule has 88 valence electrons. The molecule has 0 saturated carbocycles. The Balaban J connectivity index is 3.14. The van der Waals surface area contributed by atoms with Gasteiger partial charge in [-0.25, -0.2) is 14.2 Å². The van der Waals surface area contributed by atoms with E-state index >= 15 is 0 Å². The molecule has 4 nitrogen and oxygen atoms in total. The zero-order chi connectivity index (χ0) is 12.1. The van der Waals surface area contributed by atoms with Gasteiger partial charge in [0.2, 0.25) is 0 Å². The van der Waals surface area contributed by atoms with Crippen LogP contribution in [0.4, 0.5) is 10.2 Å². The van der Waals surface area contributed by atoms with Crippen LogP contribution in [0.15, 0.2) is 12.3 Å². The third kappa shape index (κ3) is 2.68. The topological polar surface area (TPSA) is 53.4 Å². The number of pyridine rings is 1. The summed E-state index contributed by atoms with van der Waals surface area (Å²) in [5, 5.41) is 8.97. The third-order valence-corrected chi connectivity index (χ3v) is 2.24. The molecule has 0 aliphatic rings. The van der Waals surface area contributed by atoms with E-state index in [1.807, 2.05) is 18.7 Å². The van der Waals surface area contributed by atoms with Crippen molar-refractivity contribution in [2.75, 3.05) is 18.0 Å². The lowest BCUT2D eigenvalue weighted by Crippen LogP contribution is -2.26. The molecule has 0 radical (unpaired) electrons. The first-order chi connectivity index (χ1) is 7.60. The lowest BCUT2D eigenvalue weighted by Gasteiger charge is -2.22. The van der Waals surface area contributed by atoms with E-state index in [4.69, 9.17) is 5.11 Å². The molecule has 0 aliphatic carbocycles. The van der Waals surface area contributed by atoms with Crippen molar-refractivity contribution in [1.82, 2.24) is 4.98 Å². The first-order valence-corrected chi connectivity index (χ1v) is 5.23. The van der Waals surface area contributed by atoms with Gasteiger partial charge in [0.25, 0.3) is 0 Å². The van der Waals surface area contributed by atoms with E-state index in [0.717, 1.165) is 18.7 Å². The zero-order valence-corrected chi connectivity index (χ0v) is 9.40. The maximum atomic E-state index is 12.9. The minimum Gasteiger partial charge on any atom is -0.478 e. The number of hydrogen-bond donors (Lipinski definition) is 1. The smallest absolute Gasteiger partial charge is 0.339 e. The summed E-state index contributed by atoms with van der Waals surface area (Å²) in [6.45, 7) is 5.25. The van der Waals surface area contributed by atoms with E-state index in [1.165, 1.54) is 0 Å². The van der Waals surface area contributed by atoms with E-state index in [9.17, 15) is 9.18 Å². The molecule has 0 bridgehead atoms. The molecule has 1 N–H and O–H groups in total. The van der Waals surface area contributed by atoms with Crippen LogP contribution in [0.3, 0.4) is 0 Å². The van der Waals surface area contributed by atoms with Crippen LogP contribution < -0.4 is 4.90 Å². The summed E-state index contributed by atoms with van der Waals surface area (Å²) in [6, 6.07) is 1.00. The van der Waals surface area contributed by atoms with Gasteiger partial charge in [0, 0.05) is 13.1 Å². The molecule has 1 heterocycles. The Bertz CT molecular complexity index is 382. The highest BCUT2D eigenvalue weighted by Gasteiger charge is 2.17. The molecule has 5 heteroatoms. The molecule has 1 aromatic rings. The molecule has 1 rings (SSSR count). The minimum absolute atomic E-state index is 0.0877. The van der Waals surface area contributed by atoms with Crippen LogP contribution in [0.25, 0.3) is 0 Å². The lowest BCUT2D eigenvalue weighted by molar-refractivity contribution is 0.0696. The predicted octanol–water partition coefficient (Wildman–Crippen LogP) is 2.16. The molecule has 0 aliphatic heterocycles. The van der Waals surface area contributed by atoms with Crippen LogP contribution in [0.5, 0.6) is 0 Å². The highest BCUT2D eigenvalue weighted by molar-refractivity contribution is 5.93. The lowest BCUT2D eigenvalue weighted by atomic mass is 10.2. The molecule has 0 spiro atoms. The van der Waals surface area contributed by atoms with Gasteiger partial charge in [0.15, 0.2) is 0 Å². The Labute approximate surface area is 93.7 Å². The van der Waals surface area contributed by atoms with Crippen molar-refractivity contribution in [3.05, 3.63) is 23.6 Å². The molecule has 0 saturated heterocycles. The van der Waals surface area contributed by atoms with Gasteiger partial charge in [-0.05, 0) is 19.4 Å². The van der Waals surface area contributed by atoms with Crippen molar-refractivity contribution < 1.29 is 14.3 Å². The van der Waals surface area contributed by atoms with Crippen LogP contribution in [-0.4, -0.2) is 29.1 Å². The quantitative estimate of drug-likeness (QED) is 0.835. The number of carbonyl (C=O) groups is 1. The fourth-order valence-electron chi connectivity index (χ4n) is 1.53. The second kappa shape index (κ2) is 5.44. The maximum Gasteiger partial charge on any atom is 0.339 e. The summed E-state index contributed by atoms with van der Waals surface area (Å²) in [4.78, 5) is 16.6. The summed E-state index contributed by atoms with van der Waals surface area (Å²) in [7, 11) is 0. The third-order valence-electron chi connectivity index (χ3n) is 2.24. The number of anilines is 1. The average molecular weight is 226 g/mol. The Kier molecular flexibility index (Phi) is 4.22. The second-order valence-corrected chi connectivity index (χ2v) is 3.41. The Morgan fingerprint density at radius 2 is 2.25 bits per heavy atom. The van der Waals surface area contributed by atoms with Crippen molar-refractivity contribution in [1.29, 1.82) is 0 Å². The number of aromatic carboxylic acids is 1. The second-order valence-electron chi connectivity index (χ2n) is 3.41.